The molecule has 1 aliphatic heterocycles. The number of hydrogen-bond acceptors (Lipinski definition) is 4. The van der Waals surface area contributed by atoms with Crippen LogP contribution < -0.4 is 14.8 Å². The first-order valence-electron chi connectivity index (χ1n) is 8.85. The van der Waals surface area contributed by atoms with E-state index in [1.807, 2.05) is 0 Å². The molecular formula is C21H17ClFN3O3. The summed E-state index contributed by atoms with van der Waals surface area (Å²) < 4.78 is 26.6. The van der Waals surface area contributed by atoms with Gasteiger partial charge in [0.25, 0.3) is 0 Å². The monoisotopic (exact) mass is 413 g/mol. The Balaban J connectivity index is 1.39. The molecule has 1 aliphatic rings. The third-order valence-electron chi connectivity index (χ3n) is 4.44. The van der Waals surface area contributed by atoms with Gasteiger partial charge in [-0.25, -0.2) is 9.37 Å². The number of benzene rings is 2. The van der Waals surface area contributed by atoms with E-state index in [-0.39, 0.29) is 25.1 Å². The first-order chi connectivity index (χ1) is 14.0. The highest BCUT2D eigenvalue weighted by Gasteiger charge is 2.17. The van der Waals surface area contributed by atoms with E-state index < -0.39 is 0 Å². The highest BCUT2D eigenvalue weighted by Crippen LogP contribution is 2.40. The lowest BCUT2D eigenvalue weighted by molar-refractivity contribution is -0.116. The number of carbonyl (C=O) groups excluding carboxylic acids is 1. The van der Waals surface area contributed by atoms with Crippen molar-refractivity contribution in [3.8, 4) is 17.2 Å². The second-order valence-electron chi connectivity index (χ2n) is 6.42. The average Bonchev–Trinajstić information content (AvgIpc) is 3.34. The van der Waals surface area contributed by atoms with E-state index in [1.165, 1.54) is 12.1 Å². The lowest BCUT2D eigenvalue weighted by Crippen LogP contribution is -2.20. The number of hydrogen-bond donors (Lipinski definition) is 1. The van der Waals surface area contributed by atoms with Gasteiger partial charge in [-0.15, -0.1) is 0 Å². The molecule has 0 unspecified atom stereocenters. The lowest BCUT2D eigenvalue weighted by atomic mass is 10.1. The fourth-order valence-electron chi connectivity index (χ4n) is 2.99. The molecule has 0 atom stereocenters. The summed E-state index contributed by atoms with van der Waals surface area (Å²) in [5.41, 5.74) is 1.77. The summed E-state index contributed by atoms with van der Waals surface area (Å²) >= 11 is 6.13. The molecule has 29 heavy (non-hydrogen) atoms. The Bertz CT molecular complexity index is 1110. The van der Waals surface area contributed by atoms with Crippen LogP contribution in [0.2, 0.25) is 5.02 Å². The Labute approximate surface area is 171 Å². The molecule has 1 N–H and O–H groups in total. The molecule has 8 heteroatoms. The summed E-state index contributed by atoms with van der Waals surface area (Å²) in [4.78, 5) is 16.2. The van der Waals surface area contributed by atoms with Crippen molar-refractivity contribution in [3.05, 3.63) is 76.6 Å². The predicted octanol–water partition coefficient (Wildman–Crippen LogP) is 4.03. The van der Waals surface area contributed by atoms with Crippen LogP contribution in [0.3, 0.4) is 0 Å². The molecule has 3 aromatic rings. The maximum absolute atomic E-state index is 14.4. The molecule has 0 saturated carbocycles. The molecular weight excluding hydrogens is 397 g/mol. The number of imidazole rings is 1. The Morgan fingerprint density at radius 2 is 2.21 bits per heavy atom. The third kappa shape index (κ3) is 4.09. The first kappa shape index (κ1) is 19.0. The maximum atomic E-state index is 14.4. The number of fused-ring (bicyclic) bond motifs is 1. The van der Waals surface area contributed by atoms with E-state index in [1.54, 1.807) is 54.2 Å². The van der Waals surface area contributed by atoms with Crippen molar-refractivity contribution in [2.24, 2.45) is 0 Å². The van der Waals surface area contributed by atoms with E-state index in [0.29, 0.717) is 39.2 Å². The molecule has 6 nitrogen and oxygen atoms in total. The van der Waals surface area contributed by atoms with Crippen molar-refractivity contribution in [1.82, 2.24) is 14.9 Å². The predicted molar refractivity (Wildman–Crippen MR) is 107 cm³/mol. The molecule has 4 rings (SSSR count). The van der Waals surface area contributed by atoms with Gasteiger partial charge in [0, 0.05) is 25.0 Å². The smallest absolute Gasteiger partial charge is 0.244 e. The number of aromatic nitrogens is 2. The number of rotatable bonds is 5. The van der Waals surface area contributed by atoms with Crippen molar-refractivity contribution >= 4 is 23.6 Å². The zero-order valence-electron chi connectivity index (χ0n) is 15.5. The van der Waals surface area contributed by atoms with Crippen molar-refractivity contribution in [2.45, 2.75) is 13.5 Å². The average molecular weight is 414 g/mol. The van der Waals surface area contributed by atoms with Gasteiger partial charge in [0.15, 0.2) is 11.5 Å². The van der Waals surface area contributed by atoms with E-state index in [9.17, 15) is 9.18 Å². The van der Waals surface area contributed by atoms with Crippen molar-refractivity contribution < 1.29 is 18.7 Å². The van der Waals surface area contributed by atoms with Gasteiger partial charge in [0.1, 0.15) is 11.6 Å². The van der Waals surface area contributed by atoms with Gasteiger partial charge in [0.05, 0.1) is 10.7 Å². The third-order valence-corrected chi connectivity index (χ3v) is 4.72. The lowest BCUT2D eigenvalue weighted by Gasteiger charge is -2.09. The zero-order chi connectivity index (χ0) is 20.4. The van der Waals surface area contributed by atoms with E-state index >= 15 is 0 Å². The van der Waals surface area contributed by atoms with E-state index in [0.717, 1.165) is 0 Å². The SMILES string of the molecule is Cc1nccn1-c1ccc(CNC(=O)/C=C\c2cc(Cl)c3c(c2)OCO3)cc1F. The second kappa shape index (κ2) is 7.97. The Morgan fingerprint density at radius 3 is 2.97 bits per heavy atom. The van der Waals surface area contributed by atoms with Gasteiger partial charge >= 0.3 is 0 Å². The number of halogens is 2. The van der Waals surface area contributed by atoms with Crippen LogP contribution in [0.25, 0.3) is 11.8 Å². The molecule has 0 aliphatic carbocycles. The highest BCUT2D eigenvalue weighted by atomic mass is 35.5. The normalized spacial score (nSPS) is 12.5. The fourth-order valence-corrected chi connectivity index (χ4v) is 3.27. The molecule has 0 radical (unpaired) electrons. The molecule has 0 fully saturated rings. The van der Waals surface area contributed by atoms with Gasteiger partial charge in [-0.3, -0.25) is 4.79 Å². The van der Waals surface area contributed by atoms with Crippen LogP contribution in [-0.4, -0.2) is 22.3 Å². The van der Waals surface area contributed by atoms with Gasteiger partial charge in [0.2, 0.25) is 12.7 Å². The van der Waals surface area contributed by atoms with Gasteiger partial charge in [-0.05, 0) is 48.4 Å². The highest BCUT2D eigenvalue weighted by molar-refractivity contribution is 6.32. The Kier molecular flexibility index (Phi) is 5.22. The fraction of sp³-hybridized carbons (Fsp3) is 0.143. The van der Waals surface area contributed by atoms with Crippen molar-refractivity contribution in [3.63, 3.8) is 0 Å². The largest absolute Gasteiger partial charge is 0.454 e. The molecule has 1 aromatic heterocycles. The van der Waals surface area contributed by atoms with Crippen LogP contribution in [0, 0.1) is 12.7 Å². The molecule has 0 bridgehead atoms. The standard InChI is InChI=1S/C21H17ClFN3O3/c1-13-24-6-7-26(13)18-4-2-15(9-17(18)23)11-25-20(27)5-3-14-8-16(22)21-19(10-14)28-12-29-21/h2-10H,11-12H2,1H3,(H,25,27)/b5-3-. The van der Waals surface area contributed by atoms with Crippen molar-refractivity contribution in [2.75, 3.05) is 6.79 Å². The van der Waals surface area contributed by atoms with Crippen LogP contribution in [0.5, 0.6) is 11.5 Å². The summed E-state index contributed by atoms with van der Waals surface area (Å²) in [5.74, 6) is 1.04. The zero-order valence-corrected chi connectivity index (χ0v) is 16.2. The Morgan fingerprint density at radius 1 is 1.34 bits per heavy atom. The van der Waals surface area contributed by atoms with Crippen molar-refractivity contribution in [1.29, 1.82) is 0 Å². The molecule has 1 amide bonds. The summed E-state index contributed by atoms with van der Waals surface area (Å²) in [7, 11) is 0. The van der Waals surface area contributed by atoms with E-state index in [4.69, 9.17) is 21.1 Å². The first-order valence-corrected chi connectivity index (χ1v) is 9.23. The van der Waals surface area contributed by atoms with Crippen LogP contribution >= 0.6 is 11.6 Å². The summed E-state index contributed by atoms with van der Waals surface area (Å²) in [6.45, 7) is 2.12. The van der Waals surface area contributed by atoms with Crippen LogP contribution in [0.1, 0.15) is 17.0 Å². The Hall–Kier alpha value is -3.32. The number of carbonyl (C=O) groups is 1. The quantitative estimate of drug-likeness (QED) is 0.641. The van der Waals surface area contributed by atoms with Gasteiger partial charge < -0.3 is 19.4 Å². The second-order valence-corrected chi connectivity index (χ2v) is 6.83. The minimum absolute atomic E-state index is 0.123. The van der Waals surface area contributed by atoms with Crippen LogP contribution in [0.15, 0.2) is 48.8 Å². The number of ether oxygens (including phenoxy) is 2. The summed E-state index contributed by atoms with van der Waals surface area (Å²) in [6.07, 6.45) is 6.31. The molecule has 148 valence electrons. The van der Waals surface area contributed by atoms with E-state index in [2.05, 4.69) is 10.3 Å². The topological polar surface area (TPSA) is 65.4 Å². The van der Waals surface area contributed by atoms with Gasteiger partial charge in [-0.1, -0.05) is 17.7 Å². The molecule has 0 saturated heterocycles. The minimum atomic E-state index is -0.386. The minimum Gasteiger partial charge on any atom is -0.454 e. The molecule has 2 heterocycles. The summed E-state index contributed by atoms with van der Waals surface area (Å²) in [6, 6.07) is 8.25. The van der Waals surface area contributed by atoms with Crippen LogP contribution in [-0.2, 0) is 11.3 Å². The number of nitrogens with zero attached hydrogens (tertiary/aromatic N) is 2. The van der Waals surface area contributed by atoms with Crippen LogP contribution in [0.4, 0.5) is 4.39 Å². The number of amides is 1. The number of nitrogens with one attached hydrogen (secondary N) is 1. The number of aryl methyl sites for hydroxylation is 1. The molecule has 0 spiro atoms. The summed E-state index contributed by atoms with van der Waals surface area (Å²) in [5, 5.41) is 3.15. The van der Waals surface area contributed by atoms with Gasteiger partial charge in [-0.2, -0.15) is 0 Å². The maximum Gasteiger partial charge on any atom is 0.244 e. The molecule has 2 aromatic carbocycles.